The zero-order chi connectivity index (χ0) is 13.9. The third kappa shape index (κ3) is 2.01. The number of nitrogens with one attached hydrogen (secondary N) is 1. The van der Waals surface area contributed by atoms with E-state index in [0.29, 0.717) is 12.0 Å². The Bertz CT molecular complexity index is 699. The van der Waals surface area contributed by atoms with Gasteiger partial charge in [0.15, 0.2) is 9.84 Å². The number of fused-ring (bicyclic) bond motifs is 1. The second-order valence-electron chi connectivity index (χ2n) is 5.31. The molecule has 102 valence electrons. The largest absolute Gasteiger partial charge is 0.241 e. The molecule has 0 fully saturated rings. The Morgan fingerprint density at radius 2 is 2.11 bits per heavy atom. The van der Waals surface area contributed by atoms with Gasteiger partial charge >= 0.3 is 0 Å². The summed E-state index contributed by atoms with van der Waals surface area (Å²) in [6.45, 7) is 5.59. The molecule has 0 aromatic carbocycles. The lowest BCUT2D eigenvalue weighted by molar-refractivity contribution is 0.443. The predicted octanol–water partition coefficient (Wildman–Crippen LogP) is 1.87. The number of sulfone groups is 1. The van der Waals surface area contributed by atoms with Crippen molar-refractivity contribution >= 4 is 31.1 Å². The van der Waals surface area contributed by atoms with E-state index < -0.39 is 25.0 Å². The van der Waals surface area contributed by atoms with Gasteiger partial charge in [0.25, 0.3) is 0 Å². The van der Waals surface area contributed by atoms with E-state index in [1.807, 2.05) is 13.8 Å². The molecule has 1 aromatic heterocycles. The summed E-state index contributed by atoms with van der Waals surface area (Å²) in [4.78, 5) is 0. The first kappa shape index (κ1) is 14.0. The highest BCUT2D eigenvalue weighted by molar-refractivity contribution is 7.96. The van der Waals surface area contributed by atoms with Crippen LogP contribution < -0.4 is 5.14 Å². The summed E-state index contributed by atoms with van der Waals surface area (Å²) in [6.07, 6.45) is 0.516. The molecule has 0 bridgehead atoms. The van der Waals surface area contributed by atoms with E-state index in [9.17, 15) is 12.6 Å². The maximum Gasteiger partial charge on any atom is 0.190 e. The summed E-state index contributed by atoms with van der Waals surface area (Å²) in [5, 5.41) is 4.82. The van der Waals surface area contributed by atoms with Gasteiger partial charge in [-0.3, -0.25) is 0 Å². The van der Waals surface area contributed by atoms with Crippen molar-refractivity contribution in [2.75, 3.05) is 0 Å². The Morgan fingerprint density at radius 3 is 2.61 bits per heavy atom. The molecule has 5 nitrogen and oxygen atoms in total. The monoisotopic (exact) mass is 308 g/mol. The molecule has 0 radical (unpaired) electrons. The Hall–Kier alpha value is -0.440. The van der Waals surface area contributed by atoms with E-state index in [2.05, 4.69) is 0 Å². The molecule has 0 amide bonds. The second-order valence-corrected chi connectivity index (χ2v) is 10.8. The highest BCUT2D eigenvalue weighted by atomic mass is 32.3. The Morgan fingerprint density at radius 1 is 1.56 bits per heavy atom. The van der Waals surface area contributed by atoms with Crippen LogP contribution in [0.25, 0.3) is 0 Å². The van der Waals surface area contributed by atoms with Gasteiger partial charge < -0.3 is 0 Å². The summed E-state index contributed by atoms with van der Waals surface area (Å²) >= 11 is 0.879. The van der Waals surface area contributed by atoms with Crippen molar-refractivity contribution in [1.29, 1.82) is 4.78 Å². The van der Waals surface area contributed by atoms with Gasteiger partial charge in [-0.1, -0.05) is 13.8 Å². The van der Waals surface area contributed by atoms with Crippen LogP contribution in [-0.4, -0.2) is 17.9 Å². The number of hydrogen-bond donors (Lipinski definition) is 2. The lowest BCUT2D eigenvalue weighted by Gasteiger charge is -2.33. The molecule has 2 atom stereocenters. The fraction of sp³-hybridized carbons (Fsp3) is 0.600. The van der Waals surface area contributed by atoms with Crippen LogP contribution in [0.3, 0.4) is 0 Å². The number of thiophene rings is 1. The first-order chi connectivity index (χ1) is 7.96. The predicted molar refractivity (Wildman–Crippen MR) is 71.9 cm³/mol. The van der Waals surface area contributed by atoms with Gasteiger partial charge in [0.1, 0.15) is 18.3 Å². The molecule has 1 aliphatic rings. The van der Waals surface area contributed by atoms with Crippen molar-refractivity contribution < 1.29 is 12.6 Å². The molecule has 2 heterocycles. The van der Waals surface area contributed by atoms with E-state index >= 15 is 0 Å². The molecule has 1 aliphatic heterocycles. The zero-order valence-corrected chi connectivity index (χ0v) is 12.8. The number of rotatable bonds is 1. The molecule has 8 heteroatoms. The fourth-order valence-corrected chi connectivity index (χ4v) is 7.18. The van der Waals surface area contributed by atoms with Crippen LogP contribution in [0, 0.1) is 4.78 Å². The minimum absolute atomic E-state index is 0.137. The van der Waals surface area contributed by atoms with Gasteiger partial charge in [-0.05, 0) is 30.4 Å². The molecular formula is C10H16N2O3S3. The smallest absolute Gasteiger partial charge is 0.190 e. The molecule has 1 aromatic rings. The van der Waals surface area contributed by atoms with Crippen LogP contribution >= 0.6 is 11.3 Å². The minimum Gasteiger partial charge on any atom is -0.241 e. The molecule has 2 unspecified atom stereocenters. The SMILES string of the molecule is CC1CC(C)(C)c2cc(S(=N)(N)=O)sc2S1(=O)=O. The molecule has 0 saturated carbocycles. The van der Waals surface area contributed by atoms with E-state index in [4.69, 9.17) is 9.92 Å². The van der Waals surface area contributed by atoms with Crippen molar-refractivity contribution in [2.24, 2.45) is 5.14 Å². The van der Waals surface area contributed by atoms with E-state index in [1.54, 1.807) is 6.92 Å². The van der Waals surface area contributed by atoms with Gasteiger partial charge in [-0.15, -0.1) is 11.3 Å². The number of hydrogen-bond acceptors (Lipinski definition) is 5. The van der Waals surface area contributed by atoms with Crippen LogP contribution in [0.1, 0.15) is 32.8 Å². The molecule has 0 saturated heterocycles. The summed E-state index contributed by atoms with van der Waals surface area (Å²) in [5.74, 6) is 0. The highest BCUT2D eigenvalue weighted by Crippen LogP contribution is 2.46. The average molecular weight is 308 g/mol. The number of nitrogens with two attached hydrogens (primary N) is 1. The van der Waals surface area contributed by atoms with E-state index in [1.165, 1.54) is 6.07 Å². The summed E-state index contributed by atoms with van der Waals surface area (Å²) in [5.41, 5.74) is 0.338. The molecule has 18 heavy (non-hydrogen) atoms. The van der Waals surface area contributed by atoms with Gasteiger partial charge in [-0.2, -0.15) is 0 Å². The fourth-order valence-electron chi connectivity index (χ4n) is 2.31. The van der Waals surface area contributed by atoms with Gasteiger partial charge in [0, 0.05) is 0 Å². The first-order valence-corrected chi connectivity index (χ1v) is 9.39. The molecule has 0 spiro atoms. The highest BCUT2D eigenvalue weighted by Gasteiger charge is 2.42. The van der Waals surface area contributed by atoms with Crippen LogP contribution in [0.15, 0.2) is 14.5 Å². The third-order valence-electron chi connectivity index (χ3n) is 3.29. The van der Waals surface area contributed by atoms with Gasteiger partial charge in [0.2, 0.25) is 0 Å². The standard InChI is InChI=1S/C10H16N2O3S3/c1-6-5-10(2,3)7-4-8(18(11,12)15)16-9(7)17(6,13)14/h4,6H,5H2,1-3H3,(H3,11,12,15). The summed E-state index contributed by atoms with van der Waals surface area (Å²) < 4.78 is 43.8. The summed E-state index contributed by atoms with van der Waals surface area (Å²) in [6, 6.07) is 1.53. The van der Waals surface area contributed by atoms with Crippen molar-refractivity contribution in [3.8, 4) is 0 Å². The van der Waals surface area contributed by atoms with Crippen molar-refractivity contribution in [3.05, 3.63) is 11.6 Å². The lowest BCUT2D eigenvalue weighted by atomic mass is 9.82. The Balaban J connectivity index is 2.80. The minimum atomic E-state index is -3.38. The quantitative estimate of drug-likeness (QED) is 0.828. The molecule has 3 N–H and O–H groups in total. The van der Waals surface area contributed by atoms with Crippen LogP contribution in [-0.2, 0) is 25.2 Å². The molecule has 0 aliphatic carbocycles. The van der Waals surface area contributed by atoms with E-state index in [-0.39, 0.29) is 13.8 Å². The van der Waals surface area contributed by atoms with Crippen molar-refractivity contribution in [2.45, 2.75) is 46.3 Å². The van der Waals surface area contributed by atoms with Gasteiger partial charge in [-0.25, -0.2) is 22.5 Å². The third-order valence-corrected chi connectivity index (χ3v) is 8.63. The average Bonchev–Trinajstić information content (AvgIpc) is 2.59. The van der Waals surface area contributed by atoms with E-state index in [0.717, 1.165) is 11.3 Å². The Labute approximate surface area is 111 Å². The summed E-state index contributed by atoms with van der Waals surface area (Å²) in [7, 11) is -6.74. The van der Waals surface area contributed by atoms with Crippen LogP contribution in [0.2, 0.25) is 0 Å². The lowest BCUT2D eigenvalue weighted by Crippen LogP contribution is -2.34. The Kier molecular flexibility index (Phi) is 2.94. The molecular weight excluding hydrogens is 292 g/mol. The van der Waals surface area contributed by atoms with Gasteiger partial charge in [0.05, 0.1) is 5.25 Å². The van der Waals surface area contributed by atoms with Crippen LogP contribution in [0.4, 0.5) is 0 Å². The first-order valence-electron chi connectivity index (χ1n) is 5.41. The zero-order valence-electron chi connectivity index (χ0n) is 10.4. The maximum atomic E-state index is 12.2. The maximum absolute atomic E-state index is 12.2. The topological polar surface area (TPSA) is 101 Å². The molecule has 2 rings (SSSR count). The van der Waals surface area contributed by atoms with Crippen LogP contribution in [0.5, 0.6) is 0 Å². The van der Waals surface area contributed by atoms with Crippen molar-refractivity contribution in [1.82, 2.24) is 0 Å². The second kappa shape index (κ2) is 3.78. The normalized spacial score (nSPS) is 28.3. The van der Waals surface area contributed by atoms with Crippen molar-refractivity contribution in [3.63, 3.8) is 0 Å².